The van der Waals surface area contributed by atoms with E-state index in [9.17, 15) is 9.90 Å². The van der Waals surface area contributed by atoms with Gasteiger partial charge in [-0.1, -0.05) is 0 Å². The Morgan fingerprint density at radius 3 is 2.07 bits per heavy atom. The van der Waals surface area contributed by atoms with Crippen LogP contribution in [0, 0.1) is 13.8 Å². The number of carbonyl (C=O) groups is 1. The highest BCUT2D eigenvalue weighted by Gasteiger charge is 2.26. The minimum atomic E-state index is -1.07. The molecule has 0 aromatic carbocycles. The van der Waals surface area contributed by atoms with E-state index < -0.39 is 6.23 Å². The van der Waals surface area contributed by atoms with Gasteiger partial charge in [-0.3, -0.25) is 19.1 Å². The molecule has 8 heterocycles. The second kappa shape index (κ2) is 16.0. The smallest absolute Gasteiger partial charge is 0.235 e. The van der Waals surface area contributed by atoms with Crippen LogP contribution in [0.4, 0.5) is 33.5 Å². The van der Waals surface area contributed by atoms with E-state index in [0.29, 0.717) is 54.0 Å². The minimum absolute atomic E-state index is 0.0390. The Morgan fingerprint density at radius 1 is 0.842 bits per heavy atom. The van der Waals surface area contributed by atoms with Gasteiger partial charge < -0.3 is 35.5 Å². The van der Waals surface area contributed by atoms with E-state index in [1.807, 2.05) is 86.1 Å². The summed E-state index contributed by atoms with van der Waals surface area (Å²) in [7, 11) is 5.35. The fraction of sp³-hybridized carbons (Fsp3) is 0.306. The first-order chi connectivity index (χ1) is 27.6. The number of aromatic nitrogens is 12. The number of hydrogen-bond acceptors (Lipinski definition) is 16. The molecule has 0 saturated heterocycles. The lowest BCUT2D eigenvalue weighted by Crippen LogP contribution is -2.33. The SMILES string of the molecule is CNC(=O)CCCNc1nc(N(c2cc(C)ns2)C(O)CCNc2nc(Nc3cc(C)ns3)nc3ccn(-c4cnn(C)c4)c23)nc2ccn(-c3cnn(C)c3)c12. The average molecular weight is 808 g/mol. The number of rotatable bonds is 16. The number of nitrogens with zero attached hydrogens (tertiary/aromatic N) is 13. The van der Waals surface area contributed by atoms with Crippen LogP contribution in [0.15, 0.2) is 61.4 Å². The summed E-state index contributed by atoms with van der Waals surface area (Å²) in [4.78, 5) is 33.4. The average Bonchev–Trinajstić information content (AvgIpc) is 4.05. The van der Waals surface area contributed by atoms with E-state index in [4.69, 9.17) is 19.9 Å². The summed E-state index contributed by atoms with van der Waals surface area (Å²) in [6.07, 6.45) is 11.3. The molecule has 8 aromatic heterocycles. The zero-order valence-electron chi connectivity index (χ0n) is 31.9. The summed E-state index contributed by atoms with van der Waals surface area (Å²) in [5.74, 6) is 1.78. The molecule has 21 heteroatoms. The van der Waals surface area contributed by atoms with Crippen molar-refractivity contribution in [2.75, 3.05) is 41.0 Å². The van der Waals surface area contributed by atoms with Crippen LogP contribution in [0.3, 0.4) is 0 Å². The summed E-state index contributed by atoms with van der Waals surface area (Å²) in [6, 6.07) is 7.68. The first-order valence-corrected chi connectivity index (χ1v) is 19.7. The number of nitrogens with one attached hydrogen (secondary N) is 4. The van der Waals surface area contributed by atoms with Crippen LogP contribution in [0.2, 0.25) is 0 Å². The fourth-order valence-electron chi connectivity index (χ4n) is 6.39. The molecular weight excluding hydrogens is 767 g/mol. The zero-order chi connectivity index (χ0) is 39.6. The van der Waals surface area contributed by atoms with Gasteiger partial charge in [0.15, 0.2) is 11.6 Å². The van der Waals surface area contributed by atoms with Crippen LogP contribution in [0.1, 0.15) is 30.7 Å². The number of fused-ring (bicyclic) bond motifs is 2. The zero-order valence-corrected chi connectivity index (χ0v) is 33.5. The summed E-state index contributed by atoms with van der Waals surface area (Å²) in [5.41, 5.74) is 6.28. The topological polar surface area (TPSA) is 212 Å². The Hall–Kier alpha value is -6.45. The van der Waals surface area contributed by atoms with E-state index in [-0.39, 0.29) is 18.3 Å². The highest BCUT2D eigenvalue weighted by Crippen LogP contribution is 2.35. The van der Waals surface area contributed by atoms with Crippen molar-refractivity contribution < 1.29 is 9.90 Å². The highest BCUT2D eigenvalue weighted by molar-refractivity contribution is 7.10. The Kier molecular flexibility index (Phi) is 10.5. The third-order valence-corrected chi connectivity index (χ3v) is 10.7. The van der Waals surface area contributed by atoms with E-state index in [0.717, 1.165) is 44.3 Å². The van der Waals surface area contributed by atoms with Gasteiger partial charge in [0.25, 0.3) is 0 Å². The van der Waals surface area contributed by atoms with E-state index in [1.54, 1.807) is 33.7 Å². The number of amides is 1. The van der Waals surface area contributed by atoms with Gasteiger partial charge in [0.05, 0.1) is 46.2 Å². The van der Waals surface area contributed by atoms with Crippen LogP contribution < -0.4 is 26.2 Å². The summed E-state index contributed by atoms with van der Waals surface area (Å²) < 4.78 is 16.3. The van der Waals surface area contributed by atoms with Crippen LogP contribution >= 0.6 is 23.1 Å². The van der Waals surface area contributed by atoms with Crippen LogP contribution in [0.25, 0.3) is 33.4 Å². The third-order valence-electron chi connectivity index (χ3n) is 9.07. The van der Waals surface area contributed by atoms with Crippen molar-refractivity contribution in [2.45, 2.75) is 39.3 Å². The molecule has 19 nitrogen and oxygen atoms in total. The van der Waals surface area contributed by atoms with Gasteiger partial charge in [-0.15, -0.1) is 0 Å². The van der Waals surface area contributed by atoms with Crippen molar-refractivity contribution in [1.82, 2.24) is 62.7 Å². The molecule has 0 bridgehead atoms. The van der Waals surface area contributed by atoms with E-state index in [1.165, 1.54) is 23.1 Å². The molecular formula is C36H41N17O2S2. The lowest BCUT2D eigenvalue weighted by molar-refractivity contribution is -0.120. The largest absolute Gasteiger partial charge is 0.373 e. The van der Waals surface area contributed by atoms with Crippen molar-refractivity contribution in [3.05, 3.63) is 72.8 Å². The molecule has 0 aliphatic heterocycles. The fourth-order valence-corrected chi connectivity index (χ4v) is 7.85. The van der Waals surface area contributed by atoms with Crippen LogP contribution in [-0.2, 0) is 18.9 Å². The van der Waals surface area contributed by atoms with Gasteiger partial charge in [-0.2, -0.15) is 28.9 Å². The first kappa shape index (κ1) is 37.5. The second-order valence-corrected chi connectivity index (χ2v) is 15.0. The first-order valence-electron chi connectivity index (χ1n) is 18.2. The number of anilines is 6. The molecule has 0 radical (unpaired) electrons. The molecule has 1 unspecified atom stereocenters. The molecule has 8 aromatic rings. The monoisotopic (exact) mass is 807 g/mol. The molecule has 0 fully saturated rings. The summed E-state index contributed by atoms with van der Waals surface area (Å²) >= 11 is 2.59. The predicted molar refractivity (Wildman–Crippen MR) is 221 cm³/mol. The van der Waals surface area contributed by atoms with Gasteiger partial charge in [0, 0.05) is 71.9 Å². The van der Waals surface area contributed by atoms with Crippen molar-refractivity contribution in [3.8, 4) is 11.4 Å². The number of aryl methyl sites for hydroxylation is 4. The number of aliphatic hydroxyl groups excluding tert-OH is 1. The normalized spacial score (nSPS) is 12.0. The lowest BCUT2D eigenvalue weighted by Gasteiger charge is -2.27. The van der Waals surface area contributed by atoms with Gasteiger partial charge in [-0.25, -0.2) is 9.97 Å². The molecule has 294 valence electrons. The minimum Gasteiger partial charge on any atom is -0.373 e. The maximum absolute atomic E-state index is 12.1. The van der Waals surface area contributed by atoms with E-state index in [2.05, 4.69) is 40.2 Å². The quantitative estimate of drug-likeness (QED) is 0.0657. The Balaban J connectivity index is 1.11. The molecule has 0 aliphatic rings. The van der Waals surface area contributed by atoms with Crippen molar-refractivity contribution in [2.24, 2.45) is 14.1 Å². The van der Waals surface area contributed by atoms with Crippen LogP contribution in [0.5, 0.6) is 0 Å². The molecule has 1 atom stereocenters. The van der Waals surface area contributed by atoms with Crippen molar-refractivity contribution in [3.63, 3.8) is 0 Å². The maximum atomic E-state index is 12.1. The number of hydrogen-bond donors (Lipinski definition) is 5. The molecule has 0 spiro atoms. The van der Waals surface area contributed by atoms with Crippen molar-refractivity contribution in [1.29, 1.82) is 0 Å². The molecule has 0 aliphatic carbocycles. The molecule has 1 amide bonds. The molecule has 57 heavy (non-hydrogen) atoms. The summed E-state index contributed by atoms with van der Waals surface area (Å²) in [6.45, 7) is 4.64. The number of carbonyl (C=O) groups excluding carboxylic acids is 1. The van der Waals surface area contributed by atoms with Crippen LogP contribution in [-0.4, -0.2) is 94.8 Å². The molecule has 8 rings (SSSR count). The van der Waals surface area contributed by atoms with Gasteiger partial charge >= 0.3 is 0 Å². The van der Waals surface area contributed by atoms with Gasteiger partial charge in [0.2, 0.25) is 17.8 Å². The van der Waals surface area contributed by atoms with Gasteiger partial charge in [0.1, 0.15) is 27.3 Å². The third kappa shape index (κ3) is 7.97. The Labute approximate surface area is 334 Å². The number of aliphatic hydroxyl groups is 1. The Bertz CT molecular complexity index is 2670. The highest BCUT2D eigenvalue weighted by atomic mass is 32.1. The standard InChI is InChI=1S/C36H41N17O2S2/c1-21-15-28(56-47-21)44-35-42-25-9-13-51(23-17-40-49(4)19-23)31(25)33(45-35)39-12-8-29(55)53(30-16-22(2)48-57-30)36-43-26-10-14-52(24-18-41-50(5)20-24)32(26)34(46-36)38-11-6-7-27(54)37-3/h9-10,13-20,29,55H,6-8,11-12H2,1-5H3,(H,37,54)(H,38,43,46)(H2,39,42,44,45). The van der Waals surface area contributed by atoms with Gasteiger partial charge in [-0.05, 0) is 67.6 Å². The predicted octanol–water partition coefficient (Wildman–Crippen LogP) is 4.79. The molecule has 0 saturated carbocycles. The van der Waals surface area contributed by atoms with Crippen molar-refractivity contribution >= 4 is 84.6 Å². The lowest BCUT2D eigenvalue weighted by atomic mass is 10.3. The Morgan fingerprint density at radius 2 is 1.47 bits per heavy atom. The van der Waals surface area contributed by atoms with E-state index >= 15 is 0 Å². The maximum Gasteiger partial charge on any atom is 0.235 e. The second-order valence-electron chi connectivity index (χ2n) is 13.4. The summed E-state index contributed by atoms with van der Waals surface area (Å²) in [5, 5.41) is 35.1. The molecule has 5 N–H and O–H groups in total.